The van der Waals surface area contributed by atoms with Crippen molar-refractivity contribution in [1.29, 1.82) is 0 Å². The zero-order valence-corrected chi connectivity index (χ0v) is 9.00. The van der Waals surface area contributed by atoms with Crippen LogP contribution in [0.2, 0.25) is 0 Å². The van der Waals surface area contributed by atoms with Crippen LogP contribution in [0.25, 0.3) is 0 Å². The fourth-order valence-corrected chi connectivity index (χ4v) is 1.77. The van der Waals surface area contributed by atoms with Crippen LogP contribution >= 0.6 is 0 Å². The average Bonchev–Trinajstić information content (AvgIpc) is 2.80. The number of nitrogens with zero attached hydrogens (tertiary/aromatic N) is 2. The summed E-state index contributed by atoms with van der Waals surface area (Å²) in [7, 11) is 0. The summed E-state index contributed by atoms with van der Waals surface area (Å²) < 4.78 is 36.9. The van der Waals surface area contributed by atoms with Gasteiger partial charge in [0.1, 0.15) is 5.69 Å². The summed E-state index contributed by atoms with van der Waals surface area (Å²) in [6.45, 7) is 1.31. The number of hydrogen-bond donors (Lipinski definition) is 0. The van der Waals surface area contributed by atoms with Crippen molar-refractivity contribution in [2.75, 3.05) is 13.1 Å². The van der Waals surface area contributed by atoms with E-state index in [4.69, 9.17) is 0 Å². The van der Waals surface area contributed by atoms with Gasteiger partial charge in [0.25, 0.3) is 5.91 Å². The molecule has 1 saturated heterocycles. The Bertz CT molecular complexity index is 408. The lowest BCUT2D eigenvalue weighted by Crippen LogP contribution is -2.28. The van der Waals surface area contributed by atoms with Crippen LogP contribution in [-0.2, 0) is 6.18 Å². The van der Waals surface area contributed by atoms with Crippen molar-refractivity contribution in [1.82, 2.24) is 9.88 Å². The highest BCUT2D eigenvalue weighted by atomic mass is 19.4. The van der Waals surface area contributed by atoms with Gasteiger partial charge in [-0.05, 0) is 25.0 Å². The third-order valence-corrected chi connectivity index (χ3v) is 2.70. The molecule has 0 spiro atoms. The van der Waals surface area contributed by atoms with Crippen LogP contribution in [0.3, 0.4) is 0 Å². The van der Waals surface area contributed by atoms with E-state index in [0.717, 1.165) is 25.0 Å². The van der Waals surface area contributed by atoms with Crippen LogP contribution in [0.1, 0.15) is 28.9 Å². The van der Waals surface area contributed by atoms with E-state index in [9.17, 15) is 18.0 Å². The molecule has 1 aliphatic heterocycles. The molecule has 0 aromatic carbocycles. The number of carbonyl (C=O) groups is 1. The van der Waals surface area contributed by atoms with E-state index in [1.54, 1.807) is 4.90 Å². The largest absolute Gasteiger partial charge is 0.417 e. The predicted molar refractivity (Wildman–Crippen MR) is 54.4 cm³/mol. The SMILES string of the molecule is O=C(c1ccc(C(F)(F)F)cn1)N1CCCC1. The Hall–Kier alpha value is -1.59. The first-order valence-electron chi connectivity index (χ1n) is 5.31. The molecular weight excluding hydrogens is 233 g/mol. The molecule has 17 heavy (non-hydrogen) atoms. The highest BCUT2D eigenvalue weighted by Crippen LogP contribution is 2.28. The number of alkyl halides is 3. The van der Waals surface area contributed by atoms with E-state index < -0.39 is 11.7 Å². The summed E-state index contributed by atoms with van der Waals surface area (Å²) in [4.78, 5) is 17.0. The maximum Gasteiger partial charge on any atom is 0.417 e. The lowest BCUT2D eigenvalue weighted by Gasteiger charge is -2.14. The molecule has 0 atom stereocenters. The predicted octanol–water partition coefficient (Wildman–Crippen LogP) is 2.34. The van der Waals surface area contributed by atoms with Gasteiger partial charge in [-0.25, -0.2) is 0 Å². The van der Waals surface area contributed by atoms with E-state index in [1.807, 2.05) is 0 Å². The zero-order valence-electron chi connectivity index (χ0n) is 9.00. The summed E-state index contributed by atoms with van der Waals surface area (Å²) in [5.74, 6) is -0.295. The van der Waals surface area contributed by atoms with Gasteiger partial charge < -0.3 is 4.90 Å². The number of halogens is 3. The first kappa shape index (κ1) is 11.9. The van der Waals surface area contributed by atoms with Crippen molar-refractivity contribution in [3.63, 3.8) is 0 Å². The number of rotatable bonds is 1. The molecule has 0 radical (unpaired) electrons. The maximum absolute atomic E-state index is 12.3. The molecule has 6 heteroatoms. The van der Waals surface area contributed by atoms with Crippen molar-refractivity contribution in [3.8, 4) is 0 Å². The number of hydrogen-bond acceptors (Lipinski definition) is 2. The minimum Gasteiger partial charge on any atom is -0.337 e. The first-order valence-corrected chi connectivity index (χ1v) is 5.31. The molecule has 0 aliphatic carbocycles. The second-order valence-electron chi connectivity index (χ2n) is 3.93. The van der Waals surface area contributed by atoms with Gasteiger partial charge in [-0.3, -0.25) is 9.78 Å². The molecule has 0 saturated carbocycles. The molecule has 0 unspecified atom stereocenters. The molecule has 1 aromatic heterocycles. The molecule has 0 bridgehead atoms. The average molecular weight is 244 g/mol. The Kier molecular flexibility index (Phi) is 3.04. The summed E-state index contributed by atoms with van der Waals surface area (Å²) in [5.41, 5.74) is -0.768. The Labute approximate surface area is 96.3 Å². The van der Waals surface area contributed by atoms with Gasteiger partial charge in [0.2, 0.25) is 0 Å². The van der Waals surface area contributed by atoms with E-state index >= 15 is 0 Å². The molecule has 1 fully saturated rings. The van der Waals surface area contributed by atoms with Crippen LogP contribution < -0.4 is 0 Å². The summed E-state index contributed by atoms with van der Waals surface area (Å²) >= 11 is 0. The number of aromatic nitrogens is 1. The summed E-state index contributed by atoms with van der Waals surface area (Å²) in [6.07, 6.45) is -1.84. The van der Waals surface area contributed by atoms with Gasteiger partial charge in [-0.2, -0.15) is 13.2 Å². The van der Waals surface area contributed by atoms with Gasteiger partial charge in [-0.15, -0.1) is 0 Å². The molecule has 1 amide bonds. The van der Waals surface area contributed by atoms with Crippen molar-refractivity contribution in [3.05, 3.63) is 29.6 Å². The second-order valence-corrected chi connectivity index (χ2v) is 3.93. The Morgan fingerprint density at radius 2 is 1.88 bits per heavy atom. The highest BCUT2D eigenvalue weighted by Gasteiger charge is 2.31. The highest BCUT2D eigenvalue weighted by molar-refractivity contribution is 5.92. The van der Waals surface area contributed by atoms with Gasteiger partial charge in [0.15, 0.2) is 0 Å². The minimum atomic E-state index is -4.41. The Balaban J connectivity index is 2.15. The van der Waals surface area contributed by atoms with Crippen LogP contribution in [0.15, 0.2) is 18.3 Å². The van der Waals surface area contributed by atoms with Crippen molar-refractivity contribution in [2.45, 2.75) is 19.0 Å². The molecule has 2 rings (SSSR count). The number of likely N-dealkylation sites (tertiary alicyclic amines) is 1. The minimum absolute atomic E-state index is 0.0694. The first-order chi connectivity index (χ1) is 7.98. The van der Waals surface area contributed by atoms with Crippen LogP contribution in [0.5, 0.6) is 0 Å². The van der Waals surface area contributed by atoms with Crippen molar-refractivity contribution < 1.29 is 18.0 Å². The van der Waals surface area contributed by atoms with Gasteiger partial charge in [0, 0.05) is 19.3 Å². The second kappa shape index (κ2) is 4.35. The Morgan fingerprint density at radius 1 is 1.24 bits per heavy atom. The lowest BCUT2D eigenvalue weighted by molar-refractivity contribution is -0.137. The fourth-order valence-electron chi connectivity index (χ4n) is 1.77. The normalized spacial score (nSPS) is 16.3. The van der Waals surface area contributed by atoms with Crippen molar-refractivity contribution >= 4 is 5.91 Å². The van der Waals surface area contributed by atoms with Crippen LogP contribution in [0.4, 0.5) is 13.2 Å². The molecule has 92 valence electrons. The quantitative estimate of drug-likeness (QED) is 0.759. The number of amides is 1. The molecule has 1 aromatic rings. The third kappa shape index (κ3) is 2.57. The molecule has 0 N–H and O–H groups in total. The smallest absolute Gasteiger partial charge is 0.337 e. The van der Waals surface area contributed by atoms with Crippen LogP contribution in [0, 0.1) is 0 Å². The maximum atomic E-state index is 12.3. The lowest BCUT2D eigenvalue weighted by atomic mass is 10.2. The molecule has 1 aliphatic rings. The van der Waals surface area contributed by atoms with E-state index in [2.05, 4.69) is 4.98 Å². The summed E-state index contributed by atoms with van der Waals surface area (Å²) in [6, 6.07) is 2.01. The molecule has 3 nitrogen and oxygen atoms in total. The standard InChI is InChI=1S/C11H11F3N2O/c12-11(13,14)8-3-4-9(15-7-8)10(17)16-5-1-2-6-16/h3-4,7H,1-2,5-6H2. The van der Waals surface area contributed by atoms with Gasteiger partial charge in [-0.1, -0.05) is 0 Å². The Morgan fingerprint density at radius 3 is 2.35 bits per heavy atom. The van der Waals surface area contributed by atoms with E-state index in [0.29, 0.717) is 19.3 Å². The van der Waals surface area contributed by atoms with Gasteiger partial charge >= 0.3 is 6.18 Å². The third-order valence-electron chi connectivity index (χ3n) is 2.70. The molecule has 2 heterocycles. The van der Waals surface area contributed by atoms with Crippen LogP contribution in [-0.4, -0.2) is 28.9 Å². The zero-order chi connectivity index (χ0) is 12.5. The monoisotopic (exact) mass is 244 g/mol. The van der Waals surface area contributed by atoms with E-state index in [1.165, 1.54) is 0 Å². The number of carbonyl (C=O) groups excluding carboxylic acids is 1. The molecular formula is C11H11F3N2O. The van der Waals surface area contributed by atoms with Crippen molar-refractivity contribution in [2.24, 2.45) is 0 Å². The number of pyridine rings is 1. The topological polar surface area (TPSA) is 33.2 Å². The summed E-state index contributed by atoms with van der Waals surface area (Å²) in [5, 5.41) is 0. The van der Waals surface area contributed by atoms with E-state index in [-0.39, 0.29) is 11.6 Å². The fraction of sp³-hybridized carbons (Fsp3) is 0.455. The van der Waals surface area contributed by atoms with Gasteiger partial charge in [0.05, 0.1) is 5.56 Å².